The number of fused-ring (bicyclic) bond motifs is 1. The topological polar surface area (TPSA) is 97.1 Å². The van der Waals surface area contributed by atoms with Crippen LogP contribution in [-0.2, 0) is 13.6 Å². The molecule has 2 aromatic heterocycles. The van der Waals surface area contributed by atoms with Crippen LogP contribution in [0.2, 0.25) is 0 Å². The molecule has 32 heavy (non-hydrogen) atoms. The fourth-order valence-electron chi connectivity index (χ4n) is 3.54. The molecule has 3 aromatic rings. The highest BCUT2D eigenvalue weighted by Crippen LogP contribution is 2.17. The molecular weight excluding hydrogens is 404 g/mol. The van der Waals surface area contributed by atoms with E-state index in [2.05, 4.69) is 27.4 Å². The summed E-state index contributed by atoms with van der Waals surface area (Å²) in [5.74, 6) is 0.452. The number of nitrogens with one attached hydrogen (secondary N) is 2. The van der Waals surface area contributed by atoms with Crippen LogP contribution >= 0.6 is 0 Å². The van der Waals surface area contributed by atoms with Crippen molar-refractivity contribution in [3.63, 3.8) is 0 Å². The molecule has 0 aliphatic heterocycles. The van der Waals surface area contributed by atoms with Crippen molar-refractivity contribution in [2.24, 2.45) is 12.1 Å². The van der Waals surface area contributed by atoms with E-state index >= 15 is 0 Å². The van der Waals surface area contributed by atoms with Gasteiger partial charge in [0.05, 0.1) is 5.71 Å². The van der Waals surface area contributed by atoms with E-state index in [4.69, 9.17) is 0 Å². The molecule has 170 valence electrons. The number of hydrogen-bond acceptors (Lipinski definition) is 5. The van der Waals surface area contributed by atoms with Gasteiger partial charge in [0.15, 0.2) is 11.2 Å². The summed E-state index contributed by atoms with van der Waals surface area (Å²) in [6, 6.07) is 9.98. The number of allylic oxidation sites excluding steroid dienone is 1. The van der Waals surface area contributed by atoms with E-state index in [1.165, 1.54) is 30.3 Å². The standard InChI is InChI=1S/C24H32N6O2/c1-4-5-6-7-8-12-17-30-20-21(29(3)24(32)26-22(20)31)25-23(30)28-27-18(2)15-16-19-13-10-9-11-14-19/h9-11,13-16H,4-8,12,17H2,1-3H3,(H,25,28)(H,26,31,32)/b16-15+,27-18+. The number of aromatic amines is 1. The van der Waals surface area contributed by atoms with Gasteiger partial charge in [-0.25, -0.2) is 10.2 Å². The Balaban J connectivity index is 1.83. The van der Waals surface area contributed by atoms with Gasteiger partial charge < -0.3 is 4.57 Å². The number of rotatable bonds is 11. The molecule has 0 saturated heterocycles. The average Bonchev–Trinajstić information content (AvgIpc) is 3.17. The molecule has 0 aliphatic carbocycles. The third kappa shape index (κ3) is 5.84. The predicted octanol–water partition coefficient (Wildman–Crippen LogP) is 4.29. The molecule has 2 heterocycles. The highest BCUT2D eigenvalue weighted by molar-refractivity contribution is 5.96. The molecule has 0 bridgehead atoms. The Hall–Kier alpha value is -3.42. The summed E-state index contributed by atoms with van der Waals surface area (Å²) in [4.78, 5) is 31.5. The monoisotopic (exact) mass is 436 g/mol. The van der Waals surface area contributed by atoms with Crippen LogP contribution in [0.3, 0.4) is 0 Å². The van der Waals surface area contributed by atoms with E-state index in [1.54, 1.807) is 7.05 Å². The zero-order chi connectivity index (χ0) is 22.9. The zero-order valence-corrected chi connectivity index (χ0v) is 19.1. The van der Waals surface area contributed by atoms with Crippen LogP contribution in [0.5, 0.6) is 0 Å². The Labute approximate surface area is 187 Å². The zero-order valence-electron chi connectivity index (χ0n) is 19.1. The normalized spacial score (nSPS) is 12.2. The Bertz CT molecular complexity index is 1200. The lowest BCUT2D eigenvalue weighted by Crippen LogP contribution is -2.29. The molecule has 0 amide bonds. The van der Waals surface area contributed by atoms with Gasteiger partial charge in [0.25, 0.3) is 5.56 Å². The number of nitrogens with zero attached hydrogens (tertiary/aromatic N) is 4. The first-order valence-corrected chi connectivity index (χ1v) is 11.2. The van der Waals surface area contributed by atoms with Gasteiger partial charge in [-0.1, -0.05) is 75.4 Å². The van der Waals surface area contributed by atoms with Crippen molar-refractivity contribution in [1.29, 1.82) is 0 Å². The second kappa shape index (κ2) is 11.3. The molecule has 0 spiro atoms. The average molecular weight is 437 g/mol. The summed E-state index contributed by atoms with van der Waals surface area (Å²) < 4.78 is 3.18. The molecule has 0 aliphatic rings. The van der Waals surface area contributed by atoms with Crippen LogP contribution < -0.4 is 16.7 Å². The Morgan fingerprint density at radius 3 is 2.59 bits per heavy atom. The van der Waals surface area contributed by atoms with Gasteiger partial charge in [-0.3, -0.25) is 14.3 Å². The number of anilines is 1. The Kier molecular flexibility index (Phi) is 8.19. The second-order valence-electron chi connectivity index (χ2n) is 7.95. The largest absolute Gasteiger partial charge is 0.329 e. The van der Waals surface area contributed by atoms with Crippen molar-refractivity contribution in [1.82, 2.24) is 19.1 Å². The lowest BCUT2D eigenvalue weighted by atomic mass is 10.1. The molecule has 0 unspecified atom stereocenters. The molecule has 1 aromatic carbocycles. The van der Waals surface area contributed by atoms with Gasteiger partial charge in [0.1, 0.15) is 0 Å². The predicted molar refractivity (Wildman–Crippen MR) is 131 cm³/mol. The third-order valence-electron chi connectivity index (χ3n) is 5.39. The number of aromatic nitrogens is 4. The second-order valence-corrected chi connectivity index (χ2v) is 7.95. The first-order valence-electron chi connectivity index (χ1n) is 11.2. The highest BCUT2D eigenvalue weighted by Gasteiger charge is 2.17. The number of hydrazone groups is 1. The van der Waals surface area contributed by atoms with E-state index in [0.29, 0.717) is 23.7 Å². The molecular formula is C24H32N6O2. The summed E-state index contributed by atoms with van der Waals surface area (Å²) in [5, 5.41) is 4.41. The fraction of sp³-hybridized carbons (Fsp3) is 0.417. The molecule has 0 radical (unpaired) electrons. The quantitative estimate of drug-likeness (QED) is 0.266. The van der Waals surface area contributed by atoms with E-state index in [1.807, 2.05) is 54.0 Å². The van der Waals surface area contributed by atoms with Crippen molar-refractivity contribution in [2.45, 2.75) is 58.9 Å². The van der Waals surface area contributed by atoms with E-state index in [0.717, 1.165) is 24.1 Å². The van der Waals surface area contributed by atoms with Gasteiger partial charge in [-0.15, -0.1) is 0 Å². The molecule has 8 nitrogen and oxygen atoms in total. The number of aryl methyl sites for hydroxylation is 2. The maximum Gasteiger partial charge on any atom is 0.329 e. The maximum atomic E-state index is 12.6. The van der Waals surface area contributed by atoms with Crippen LogP contribution in [0.25, 0.3) is 17.2 Å². The molecule has 2 N–H and O–H groups in total. The number of benzene rings is 1. The number of imidazole rings is 1. The van der Waals surface area contributed by atoms with Crippen molar-refractivity contribution in [3.8, 4) is 0 Å². The van der Waals surface area contributed by atoms with Crippen molar-refractivity contribution in [2.75, 3.05) is 5.43 Å². The van der Waals surface area contributed by atoms with Crippen molar-refractivity contribution < 1.29 is 0 Å². The lowest BCUT2D eigenvalue weighted by Gasteiger charge is -2.08. The van der Waals surface area contributed by atoms with Crippen LogP contribution in [0, 0.1) is 0 Å². The molecule has 0 atom stereocenters. The molecule has 3 rings (SSSR count). The van der Waals surface area contributed by atoms with Gasteiger partial charge in [-0.2, -0.15) is 10.1 Å². The smallest absolute Gasteiger partial charge is 0.303 e. The summed E-state index contributed by atoms with van der Waals surface area (Å²) in [6.07, 6.45) is 10.7. The van der Waals surface area contributed by atoms with Crippen LogP contribution in [0.15, 0.2) is 51.1 Å². The van der Waals surface area contributed by atoms with Crippen molar-refractivity contribution >= 4 is 28.9 Å². The number of H-pyrrole nitrogens is 1. The maximum absolute atomic E-state index is 12.6. The van der Waals surface area contributed by atoms with Gasteiger partial charge in [-0.05, 0) is 25.0 Å². The minimum atomic E-state index is -0.483. The summed E-state index contributed by atoms with van der Waals surface area (Å²) in [5.41, 5.74) is 4.65. The molecule has 8 heteroatoms. The highest BCUT2D eigenvalue weighted by atomic mass is 16.2. The van der Waals surface area contributed by atoms with Gasteiger partial charge in [0.2, 0.25) is 5.95 Å². The lowest BCUT2D eigenvalue weighted by molar-refractivity contribution is 0.565. The van der Waals surface area contributed by atoms with E-state index in [-0.39, 0.29) is 0 Å². The first kappa shape index (κ1) is 23.2. The number of hydrogen-bond donors (Lipinski definition) is 2. The van der Waals surface area contributed by atoms with Crippen molar-refractivity contribution in [3.05, 3.63) is 62.8 Å². The fourth-order valence-corrected chi connectivity index (χ4v) is 3.54. The van der Waals surface area contributed by atoms with Gasteiger partial charge >= 0.3 is 5.69 Å². The minimum absolute atomic E-state index is 0.347. The van der Waals surface area contributed by atoms with E-state index in [9.17, 15) is 9.59 Å². The van der Waals surface area contributed by atoms with Crippen LogP contribution in [0.1, 0.15) is 57.9 Å². The first-order chi connectivity index (χ1) is 15.5. The number of unbranched alkanes of at least 4 members (excludes halogenated alkanes) is 5. The third-order valence-corrected chi connectivity index (χ3v) is 5.39. The summed E-state index contributed by atoms with van der Waals surface area (Å²) in [7, 11) is 1.60. The molecule has 0 fully saturated rings. The Morgan fingerprint density at radius 2 is 1.84 bits per heavy atom. The molecule has 0 saturated carbocycles. The van der Waals surface area contributed by atoms with E-state index < -0.39 is 11.2 Å². The van der Waals surface area contributed by atoms with Crippen LogP contribution in [0.4, 0.5) is 5.95 Å². The minimum Gasteiger partial charge on any atom is -0.303 e. The Morgan fingerprint density at radius 1 is 1.12 bits per heavy atom. The van der Waals surface area contributed by atoms with Crippen LogP contribution in [-0.4, -0.2) is 24.8 Å². The SMILES string of the molecule is CCCCCCCCn1c(N/N=C(C)/C=C/c2ccccc2)nc2c1c(=O)[nH]c(=O)n2C. The summed E-state index contributed by atoms with van der Waals surface area (Å²) in [6.45, 7) is 4.71. The van der Waals surface area contributed by atoms with Gasteiger partial charge in [0, 0.05) is 13.6 Å². The summed E-state index contributed by atoms with van der Waals surface area (Å²) >= 11 is 0.